The van der Waals surface area contributed by atoms with Crippen LogP contribution in [0.1, 0.15) is 10.4 Å². The van der Waals surface area contributed by atoms with Gasteiger partial charge in [-0.2, -0.15) is 0 Å². The third kappa shape index (κ3) is 1.89. The first-order chi connectivity index (χ1) is 6.52. The van der Waals surface area contributed by atoms with Crippen molar-refractivity contribution in [2.75, 3.05) is 5.73 Å². The summed E-state index contributed by atoms with van der Waals surface area (Å²) in [6, 6.07) is 4.00. The van der Waals surface area contributed by atoms with Crippen molar-refractivity contribution in [2.45, 2.75) is 0 Å². The lowest BCUT2D eigenvalue weighted by Gasteiger charge is -2.05. The summed E-state index contributed by atoms with van der Waals surface area (Å²) in [6.07, 6.45) is 0. The van der Waals surface area contributed by atoms with Crippen LogP contribution < -0.4 is 16.3 Å². The molecule has 1 amide bonds. The van der Waals surface area contributed by atoms with E-state index in [1.165, 1.54) is 18.2 Å². The zero-order chi connectivity index (χ0) is 10.7. The molecule has 0 saturated carbocycles. The smallest absolute Gasteiger partial charge is 0.299 e. The van der Waals surface area contributed by atoms with E-state index in [1.54, 1.807) is 0 Å². The highest BCUT2D eigenvalue weighted by Gasteiger charge is 2.11. The Balaban J connectivity index is 3.13. The molecule has 0 bridgehead atoms. The predicted molar refractivity (Wildman–Crippen MR) is 47.0 cm³/mol. The topological polar surface area (TPSA) is 121 Å². The van der Waals surface area contributed by atoms with Gasteiger partial charge >= 0.3 is 0 Å². The Morgan fingerprint density at radius 1 is 1.50 bits per heavy atom. The standard InChI is InChI=1S/C7H7N3O4/c8-6-4(7(9)11)2-1-3-5(6)14-10(12)13/h1-3H,8H2,(H2,9,11). The average Bonchev–Trinajstić information content (AvgIpc) is 2.07. The Morgan fingerprint density at radius 3 is 2.64 bits per heavy atom. The number of para-hydroxylation sites is 1. The Morgan fingerprint density at radius 2 is 2.14 bits per heavy atom. The minimum Gasteiger partial charge on any atom is -0.396 e. The van der Waals surface area contributed by atoms with Gasteiger partial charge in [0.25, 0.3) is 11.0 Å². The highest BCUT2D eigenvalue weighted by Crippen LogP contribution is 2.24. The normalized spacial score (nSPS) is 9.43. The summed E-state index contributed by atoms with van der Waals surface area (Å²) < 4.78 is 0. The number of amides is 1. The third-order valence-corrected chi connectivity index (χ3v) is 1.50. The van der Waals surface area contributed by atoms with E-state index < -0.39 is 11.0 Å². The molecule has 7 heteroatoms. The first-order valence-electron chi connectivity index (χ1n) is 3.53. The molecular weight excluding hydrogens is 190 g/mol. The largest absolute Gasteiger partial charge is 0.396 e. The molecule has 14 heavy (non-hydrogen) atoms. The van der Waals surface area contributed by atoms with Crippen LogP contribution in [0.25, 0.3) is 0 Å². The molecule has 1 aromatic carbocycles. The molecule has 7 nitrogen and oxygen atoms in total. The van der Waals surface area contributed by atoms with Gasteiger partial charge in [-0.1, -0.05) is 6.07 Å². The fraction of sp³-hybridized carbons (Fsp3) is 0. The summed E-state index contributed by atoms with van der Waals surface area (Å²) in [5.41, 5.74) is 10.2. The molecule has 0 heterocycles. The van der Waals surface area contributed by atoms with E-state index >= 15 is 0 Å². The van der Waals surface area contributed by atoms with Gasteiger partial charge in [0.1, 0.15) is 5.75 Å². The number of anilines is 1. The molecule has 0 aliphatic carbocycles. The molecular formula is C7H7N3O4. The summed E-state index contributed by atoms with van der Waals surface area (Å²) in [4.78, 5) is 24.9. The van der Waals surface area contributed by atoms with Gasteiger partial charge in [-0.15, -0.1) is 10.1 Å². The fourth-order valence-corrected chi connectivity index (χ4v) is 0.919. The molecule has 0 fully saturated rings. The summed E-state index contributed by atoms with van der Waals surface area (Å²) in [7, 11) is 0. The lowest BCUT2D eigenvalue weighted by Crippen LogP contribution is -2.15. The molecule has 0 atom stereocenters. The van der Waals surface area contributed by atoms with Crippen LogP contribution in [0.4, 0.5) is 5.69 Å². The average molecular weight is 197 g/mol. The summed E-state index contributed by atoms with van der Waals surface area (Å²) >= 11 is 0. The number of nitrogens with two attached hydrogens (primary N) is 2. The van der Waals surface area contributed by atoms with Crippen LogP contribution in [0, 0.1) is 10.1 Å². The van der Waals surface area contributed by atoms with E-state index in [4.69, 9.17) is 11.5 Å². The number of hydrogen-bond acceptors (Lipinski definition) is 5. The predicted octanol–water partition coefficient (Wildman–Crippen LogP) is -0.0618. The Labute approximate surface area is 78.4 Å². The second-order valence-corrected chi connectivity index (χ2v) is 2.40. The minimum absolute atomic E-state index is 0.00986. The third-order valence-electron chi connectivity index (χ3n) is 1.50. The van der Waals surface area contributed by atoms with Crippen molar-refractivity contribution in [3.8, 4) is 5.75 Å². The molecule has 0 unspecified atom stereocenters. The number of primary amides is 1. The van der Waals surface area contributed by atoms with E-state index in [0.29, 0.717) is 0 Å². The van der Waals surface area contributed by atoms with Gasteiger partial charge in [-0.05, 0) is 12.1 Å². The number of nitrogens with zero attached hydrogens (tertiary/aromatic N) is 1. The lowest BCUT2D eigenvalue weighted by molar-refractivity contribution is -0.710. The monoisotopic (exact) mass is 197 g/mol. The van der Waals surface area contributed by atoms with E-state index in [2.05, 4.69) is 4.84 Å². The summed E-state index contributed by atoms with van der Waals surface area (Å²) in [5, 5.41) is 9.00. The fourth-order valence-electron chi connectivity index (χ4n) is 0.919. The van der Waals surface area contributed by atoms with Crippen molar-refractivity contribution >= 4 is 11.6 Å². The molecule has 0 aromatic heterocycles. The Hall–Kier alpha value is -2.31. The quantitative estimate of drug-likeness (QED) is 0.399. The van der Waals surface area contributed by atoms with Crippen molar-refractivity contribution in [3.05, 3.63) is 33.9 Å². The van der Waals surface area contributed by atoms with E-state index in [9.17, 15) is 14.9 Å². The van der Waals surface area contributed by atoms with Gasteiger partial charge in [0.05, 0.1) is 11.3 Å². The highest BCUT2D eigenvalue weighted by molar-refractivity contribution is 5.99. The van der Waals surface area contributed by atoms with Crippen LogP contribution in [0.3, 0.4) is 0 Å². The second-order valence-electron chi connectivity index (χ2n) is 2.40. The van der Waals surface area contributed by atoms with Crippen LogP contribution >= 0.6 is 0 Å². The molecule has 0 radical (unpaired) electrons. The maximum atomic E-state index is 10.8. The SMILES string of the molecule is NC(=O)c1cccc(O[N+](=O)[O-])c1N. The highest BCUT2D eigenvalue weighted by atomic mass is 17.0. The van der Waals surface area contributed by atoms with Gasteiger partial charge in [-0.3, -0.25) is 9.63 Å². The van der Waals surface area contributed by atoms with Crippen LogP contribution in [-0.2, 0) is 0 Å². The lowest BCUT2D eigenvalue weighted by atomic mass is 10.1. The van der Waals surface area contributed by atoms with Crippen molar-refractivity contribution in [1.29, 1.82) is 0 Å². The molecule has 0 aliphatic rings. The van der Waals surface area contributed by atoms with Crippen LogP contribution in [-0.4, -0.2) is 11.0 Å². The van der Waals surface area contributed by atoms with Gasteiger partial charge in [-0.25, -0.2) is 0 Å². The summed E-state index contributed by atoms with van der Waals surface area (Å²) in [5.74, 6) is -0.970. The molecule has 1 rings (SSSR count). The van der Waals surface area contributed by atoms with Crippen LogP contribution in [0.5, 0.6) is 5.75 Å². The first-order valence-corrected chi connectivity index (χ1v) is 3.53. The number of carbonyl (C=O) groups is 1. The first kappa shape index (κ1) is 9.78. The number of nitrogen functional groups attached to an aromatic ring is 1. The van der Waals surface area contributed by atoms with Crippen LogP contribution in [0.2, 0.25) is 0 Å². The number of benzene rings is 1. The maximum absolute atomic E-state index is 10.8. The zero-order valence-corrected chi connectivity index (χ0v) is 6.97. The number of rotatable bonds is 3. The van der Waals surface area contributed by atoms with Crippen LogP contribution in [0.15, 0.2) is 18.2 Å². The van der Waals surface area contributed by atoms with Crippen molar-refractivity contribution < 1.29 is 14.7 Å². The Bertz CT molecular complexity index is 391. The van der Waals surface area contributed by atoms with Crippen molar-refractivity contribution in [3.63, 3.8) is 0 Å². The maximum Gasteiger partial charge on any atom is 0.299 e. The molecule has 0 saturated heterocycles. The van der Waals surface area contributed by atoms with Gasteiger partial charge in [0.15, 0.2) is 0 Å². The molecule has 0 aliphatic heterocycles. The number of hydrogen-bond donors (Lipinski definition) is 2. The van der Waals surface area contributed by atoms with E-state index in [1.807, 2.05) is 0 Å². The molecule has 0 spiro atoms. The van der Waals surface area contributed by atoms with Crippen molar-refractivity contribution in [2.24, 2.45) is 5.73 Å². The number of carbonyl (C=O) groups excluding carboxylic acids is 1. The van der Waals surface area contributed by atoms with Crippen molar-refractivity contribution in [1.82, 2.24) is 0 Å². The molecule has 74 valence electrons. The second kappa shape index (κ2) is 3.60. The van der Waals surface area contributed by atoms with Gasteiger partial charge in [0.2, 0.25) is 0 Å². The van der Waals surface area contributed by atoms with Gasteiger partial charge in [0, 0.05) is 0 Å². The van der Waals surface area contributed by atoms with Gasteiger partial charge < -0.3 is 11.5 Å². The Kier molecular flexibility index (Phi) is 2.52. The zero-order valence-electron chi connectivity index (χ0n) is 6.97. The molecule has 1 aromatic rings. The molecule has 4 N–H and O–H groups in total. The van der Waals surface area contributed by atoms with E-state index in [-0.39, 0.29) is 17.0 Å². The minimum atomic E-state index is -1.02. The summed E-state index contributed by atoms with van der Waals surface area (Å²) in [6.45, 7) is 0. The van der Waals surface area contributed by atoms with E-state index in [0.717, 1.165) is 0 Å².